The van der Waals surface area contributed by atoms with E-state index in [1.54, 1.807) is 18.4 Å². The molecule has 4 rings (SSSR count). The van der Waals surface area contributed by atoms with E-state index in [9.17, 15) is 4.79 Å². The number of amides is 1. The van der Waals surface area contributed by atoms with Crippen molar-refractivity contribution in [2.45, 2.75) is 27.2 Å². The number of carbonyl (C=O) groups is 1. The largest absolute Gasteiger partial charge is 0.494 e. The van der Waals surface area contributed by atoms with E-state index < -0.39 is 0 Å². The molecule has 1 aromatic carbocycles. The number of carbonyl (C=O) groups excluding carboxylic acids is 1. The summed E-state index contributed by atoms with van der Waals surface area (Å²) >= 11 is 3.00. The number of hydrogen-bond donors (Lipinski definition) is 0. The summed E-state index contributed by atoms with van der Waals surface area (Å²) in [5.74, 6) is 0.703. The molecular formula is C22H29ClN4O3S2. The van der Waals surface area contributed by atoms with Crippen LogP contribution in [0.15, 0.2) is 12.1 Å². The maximum atomic E-state index is 13.6. The summed E-state index contributed by atoms with van der Waals surface area (Å²) in [7, 11) is 1.65. The summed E-state index contributed by atoms with van der Waals surface area (Å²) in [5.41, 5.74) is 2.72. The lowest BCUT2D eigenvalue weighted by atomic mass is 10.2. The Morgan fingerprint density at radius 2 is 1.94 bits per heavy atom. The van der Waals surface area contributed by atoms with Crippen molar-refractivity contribution in [2.75, 3.05) is 51.4 Å². The summed E-state index contributed by atoms with van der Waals surface area (Å²) in [6, 6.07) is 3.97. The van der Waals surface area contributed by atoms with E-state index in [1.165, 1.54) is 11.3 Å². The average Bonchev–Trinajstić information content (AvgIpc) is 3.35. The number of morpholine rings is 1. The van der Waals surface area contributed by atoms with Crippen molar-refractivity contribution >= 4 is 56.3 Å². The van der Waals surface area contributed by atoms with Crippen LogP contribution in [-0.2, 0) is 4.74 Å². The van der Waals surface area contributed by atoms with Gasteiger partial charge in [0.2, 0.25) is 0 Å². The maximum absolute atomic E-state index is 13.6. The fourth-order valence-corrected chi connectivity index (χ4v) is 5.74. The highest BCUT2D eigenvalue weighted by atomic mass is 35.5. The van der Waals surface area contributed by atoms with E-state index in [-0.39, 0.29) is 18.3 Å². The van der Waals surface area contributed by atoms with Gasteiger partial charge in [-0.2, -0.15) is 0 Å². The minimum absolute atomic E-state index is 0. The number of nitrogens with zero attached hydrogens (tertiary/aromatic N) is 4. The van der Waals surface area contributed by atoms with Crippen molar-refractivity contribution < 1.29 is 14.3 Å². The minimum atomic E-state index is -0.0271. The van der Waals surface area contributed by atoms with Crippen LogP contribution in [0, 0.1) is 20.8 Å². The Balaban J connectivity index is 0.00000289. The van der Waals surface area contributed by atoms with Gasteiger partial charge in [0.15, 0.2) is 5.13 Å². The number of halogens is 1. The first-order valence-electron chi connectivity index (χ1n) is 10.5. The Kier molecular flexibility index (Phi) is 8.46. The van der Waals surface area contributed by atoms with E-state index in [0.717, 1.165) is 71.5 Å². The van der Waals surface area contributed by atoms with Crippen LogP contribution in [0.5, 0.6) is 5.75 Å². The Labute approximate surface area is 202 Å². The summed E-state index contributed by atoms with van der Waals surface area (Å²) in [6.07, 6.45) is 0.870. The Hall–Kier alpha value is -1.78. The van der Waals surface area contributed by atoms with Crippen LogP contribution in [0.1, 0.15) is 32.4 Å². The van der Waals surface area contributed by atoms with Crippen LogP contribution in [0.25, 0.3) is 10.2 Å². The highest BCUT2D eigenvalue weighted by molar-refractivity contribution is 7.22. The third-order valence-electron chi connectivity index (χ3n) is 5.45. The third kappa shape index (κ3) is 5.23. The van der Waals surface area contributed by atoms with Crippen molar-refractivity contribution in [1.29, 1.82) is 0 Å². The van der Waals surface area contributed by atoms with Crippen molar-refractivity contribution in [1.82, 2.24) is 14.9 Å². The van der Waals surface area contributed by atoms with Crippen molar-refractivity contribution in [3.8, 4) is 5.75 Å². The highest BCUT2D eigenvalue weighted by Gasteiger charge is 2.26. The Bertz CT molecular complexity index is 1080. The molecule has 1 aliphatic rings. The third-order valence-corrected chi connectivity index (χ3v) is 7.72. The van der Waals surface area contributed by atoms with E-state index in [1.807, 2.05) is 30.9 Å². The van der Waals surface area contributed by atoms with Crippen LogP contribution in [0.4, 0.5) is 5.13 Å². The van der Waals surface area contributed by atoms with Gasteiger partial charge in [-0.15, -0.1) is 23.7 Å². The second-order valence-electron chi connectivity index (χ2n) is 7.67. The van der Waals surface area contributed by atoms with Crippen LogP contribution in [-0.4, -0.2) is 67.3 Å². The van der Waals surface area contributed by atoms with Gasteiger partial charge in [0.25, 0.3) is 5.91 Å². The molecule has 2 aromatic heterocycles. The normalized spacial score (nSPS) is 14.4. The molecular weight excluding hydrogens is 468 g/mol. The average molecular weight is 497 g/mol. The van der Waals surface area contributed by atoms with E-state index >= 15 is 0 Å². The molecule has 0 unspecified atom stereocenters. The van der Waals surface area contributed by atoms with Gasteiger partial charge in [0.1, 0.15) is 16.1 Å². The predicted molar refractivity (Wildman–Crippen MR) is 133 cm³/mol. The first-order valence-corrected chi connectivity index (χ1v) is 12.1. The molecule has 0 spiro atoms. The van der Waals surface area contributed by atoms with Gasteiger partial charge in [-0.05, 0) is 38.8 Å². The van der Waals surface area contributed by atoms with Crippen LogP contribution >= 0.6 is 35.1 Å². The second-order valence-corrected chi connectivity index (χ2v) is 9.85. The molecule has 1 aliphatic heterocycles. The Morgan fingerprint density at radius 3 is 2.59 bits per heavy atom. The molecule has 1 fully saturated rings. The van der Waals surface area contributed by atoms with Crippen LogP contribution in [0.3, 0.4) is 0 Å². The van der Waals surface area contributed by atoms with Crippen LogP contribution < -0.4 is 9.64 Å². The number of anilines is 1. The van der Waals surface area contributed by atoms with Gasteiger partial charge in [-0.25, -0.2) is 9.97 Å². The minimum Gasteiger partial charge on any atom is -0.494 e. The fourth-order valence-electron chi connectivity index (χ4n) is 3.79. The van der Waals surface area contributed by atoms with Gasteiger partial charge in [0, 0.05) is 26.2 Å². The van der Waals surface area contributed by atoms with Crippen molar-refractivity contribution in [2.24, 2.45) is 0 Å². The van der Waals surface area contributed by atoms with Gasteiger partial charge < -0.3 is 9.47 Å². The van der Waals surface area contributed by atoms with Gasteiger partial charge in [-0.3, -0.25) is 14.6 Å². The molecule has 0 radical (unpaired) electrons. The standard InChI is InChI=1S/C22H28N4O3S2.ClH/c1-14-6-7-17(28-4)18-19(14)31-22(24-18)26(9-5-8-25-10-12-29-13-11-25)21(27)20-15(2)23-16(3)30-20;/h6-7H,5,8-13H2,1-4H3;1H. The number of ether oxygens (including phenoxy) is 2. The molecule has 0 aliphatic carbocycles. The van der Waals surface area contributed by atoms with Gasteiger partial charge in [-0.1, -0.05) is 17.4 Å². The number of aryl methyl sites for hydroxylation is 3. The fraction of sp³-hybridized carbons (Fsp3) is 0.500. The first-order chi connectivity index (χ1) is 15.0. The number of methoxy groups -OCH3 is 1. The topological polar surface area (TPSA) is 67.8 Å². The lowest BCUT2D eigenvalue weighted by Crippen LogP contribution is -2.39. The van der Waals surface area contributed by atoms with E-state index in [0.29, 0.717) is 16.6 Å². The molecule has 32 heavy (non-hydrogen) atoms. The summed E-state index contributed by atoms with van der Waals surface area (Å²) < 4.78 is 12.0. The maximum Gasteiger partial charge on any atom is 0.272 e. The Morgan fingerprint density at radius 1 is 1.19 bits per heavy atom. The number of benzene rings is 1. The molecule has 1 amide bonds. The van der Waals surface area contributed by atoms with Gasteiger partial charge >= 0.3 is 0 Å². The molecule has 0 atom stereocenters. The molecule has 0 N–H and O–H groups in total. The molecule has 0 saturated carbocycles. The molecule has 1 saturated heterocycles. The molecule has 3 heterocycles. The summed E-state index contributed by atoms with van der Waals surface area (Å²) in [4.78, 5) is 27.8. The zero-order valence-corrected chi connectivity index (χ0v) is 21.3. The highest BCUT2D eigenvalue weighted by Crippen LogP contribution is 2.37. The van der Waals surface area contributed by atoms with Gasteiger partial charge in [0.05, 0.1) is 35.7 Å². The summed E-state index contributed by atoms with van der Waals surface area (Å²) in [5, 5.41) is 1.61. The second kappa shape index (κ2) is 10.9. The number of hydrogen-bond acceptors (Lipinski definition) is 8. The number of rotatable bonds is 7. The van der Waals surface area contributed by atoms with Crippen molar-refractivity contribution in [3.63, 3.8) is 0 Å². The SMILES string of the molecule is COc1ccc(C)c2sc(N(CCCN3CCOCC3)C(=O)c3sc(C)nc3C)nc12.Cl. The van der Waals surface area contributed by atoms with E-state index in [2.05, 4.69) is 16.8 Å². The van der Waals surface area contributed by atoms with Crippen LogP contribution in [0.2, 0.25) is 0 Å². The molecule has 10 heteroatoms. The lowest BCUT2D eigenvalue weighted by molar-refractivity contribution is 0.0376. The monoisotopic (exact) mass is 496 g/mol. The lowest BCUT2D eigenvalue weighted by Gasteiger charge is -2.27. The quantitative estimate of drug-likeness (QED) is 0.480. The number of thiazole rings is 2. The smallest absolute Gasteiger partial charge is 0.272 e. The number of aromatic nitrogens is 2. The predicted octanol–water partition coefficient (Wildman–Crippen LogP) is 4.48. The zero-order chi connectivity index (χ0) is 22.0. The molecule has 0 bridgehead atoms. The molecule has 7 nitrogen and oxygen atoms in total. The first kappa shape index (κ1) is 24.9. The molecule has 3 aromatic rings. The van der Waals surface area contributed by atoms with Crippen molar-refractivity contribution in [3.05, 3.63) is 33.3 Å². The number of fused-ring (bicyclic) bond motifs is 1. The summed E-state index contributed by atoms with van der Waals surface area (Å²) in [6.45, 7) is 10.9. The van der Waals surface area contributed by atoms with E-state index in [4.69, 9.17) is 14.5 Å². The zero-order valence-electron chi connectivity index (χ0n) is 18.8. The molecule has 174 valence electrons.